The fraction of sp³-hybridized carbons (Fsp3) is 0.750. The summed E-state index contributed by atoms with van der Waals surface area (Å²) in [5, 5.41) is 1.31. The smallest absolute Gasteiger partial charge is 0.151 e. The van der Waals surface area contributed by atoms with Crippen LogP contribution in [0.1, 0.15) is 33.1 Å². The summed E-state index contributed by atoms with van der Waals surface area (Å²) in [4.78, 5) is 0. The molecule has 0 amide bonds. The van der Waals surface area contributed by atoms with E-state index in [1.807, 2.05) is 0 Å². The highest BCUT2D eigenvalue weighted by Gasteiger charge is 2.03. The van der Waals surface area contributed by atoms with Gasteiger partial charge in [-0.3, -0.25) is 0 Å². The van der Waals surface area contributed by atoms with Crippen molar-refractivity contribution in [3.05, 3.63) is 11.8 Å². The molecule has 0 bridgehead atoms. The molecule has 1 unspecified atom stereocenters. The van der Waals surface area contributed by atoms with Crippen molar-refractivity contribution >= 4 is 19.9 Å². The number of rotatable bonds is 5. The standard InChI is InChI=1S/C8H17ClSi/c1-4-5-6-7(2)8(3)10-9/h7H,3-6,10H2,1-2H3. The first kappa shape index (κ1) is 10.2. The van der Waals surface area contributed by atoms with Gasteiger partial charge in [0.2, 0.25) is 0 Å². The van der Waals surface area contributed by atoms with E-state index < -0.39 is 8.83 Å². The zero-order chi connectivity index (χ0) is 7.98. The topological polar surface area (TPSA) is 0 Å². The molecule has 2 heteroatoms. The number of hydrogen-bond donors (Lipinski definition) is 0. The van der Waals surface area contributed by atoms with Gasteiger partial charge in [-0.25, -0.2) is 0 Å². The van der Waals surface area contributed by atoms with Gasteiger partial charge in [0.25, 0.3) is 0 Å². The molecule has 0 rings (SSSR count). The van der Waals surface area contributed by atoms with Crippen LogP contribution in [0.4, 0.5) is 0 Å². The maximum atomic E-state index is 5.77. The minimum atomic E-state index is -0.459. The monoisotopic (exact) mass is 176 g/mol. The van der Waals surface area contributed by atoms with Gasteiger partial charge < -0.3 is 0 Å². The van der Waals surface area contributed by atoms with Crippen molar-refractivity contribution in [3.63, 3.8) is 0 Å². The Bertz CT molecular complexity index is 101. The predicted octanol–water partition coefficient (Wildman–Crippen LogP) is 2.65. The van der Waals surface area contributed by atoms with Crippen molar-refractivity contribution in [3.8, 4) is 0 Å². The van der Waals surface area contributed by atoms with Crippen LogP contribution < -0.4 is 0 Å². The summed E-state index contributed by atoms with van der Waals surface area (Å²) in [5.74, 6) is 0.670. The third-order valence-electron chi connectivity index (χ3n) is 1.86. The Morgan fingerprint density at radius 3 is 2.70 bits per heavy atom. The molecule has 0 aliphatic rings. The first-order chi connectivity index (χ1) is 4.72. The van der Waals surface area contributed by atoms with Crippen molar-refractivity contribution < 1.29 is 0 Å². The van der Waals surface area contributed by atoms with Crippen LogP contribution >= 0.6 is 11.1 Å². The molecule has 0 aliphatic carbocycles. The van der Waals surface area contributed by atoms with E-state index in [1.165, 1.54) is 24.5 Å². The summed E-state index contributed by atoms with van der Waals surface area (Å²) in [5.41, 5.74) is 0. The number of allylic oxidation sites excluding steroid dienone is 1. The summed E-state index contributed by atoms with van der Waals surface area (Å²) in [7, 11) is -0.459. The Morgan fingerprint density at radius 1 is 1.70 bits per heavy atom. The number of unbranched alkanes of at least 4 members (excludes halogenated alkanes) is 1. The molecule has 0 saturated heterocycles. The van der Waals surface area contributed by atoms with Crippen molar-refractivity contribution in [2.45, 2.75) is 33.1 Å². The summed E-state index contributed by atoms with van der Waals surface area (Å²) in [6, 6.07) is 0. The van der Waals surface area contributed by atoms with Crippen molar-refractivity contribution in [1.29, 1.82) is 0 Å². The average molecular weight is 177 g/mol. The Hall–Kier alpha value is 0.247. The maximum Gasteiger partial charge on any atom is 0.151 e. The van der Waals surface area contributed by atoms with E-state index in [1.54, 1.807) is 0 Å². The molecule has 0 heterocycles. The van der Waals surface area contributed by atoms with Crippen LogP contribution in [0.25, 0.3) is 0 Å². The zero-order valence-corrected chi connectivity index (χ0v) is 9.16. The Balaban J connectivity index is 3.41. The molecule has 0 nitrogen and oxygen atoms in total. The van der Waals surface area contributed by atoms with Crippen LogP contribution in [0.2, 0.25) is 0 Å². The van der Waals surface area contributed by atoms with Gasteiger partial charge in [0.05, 0.1) is 0 Å². The highest BCUT2D eigenvalue weighted by atomic mass is 35.6. The molecular formula is C8H17ClSi. The molecule has 0 spiro atoms. The molecule has 1 atom stereocenters. The van der Waals surface area contributed by atoms with Gasteiger partial charge in [0, 0.05) is 0 Å². The minimum Gasteiger partial charge on any atom is -0.170 e. The predicted molar refractivity (Wildman–Crippen MR) is 52.2 cm³/mol. The molecule has 0 aromatic carbocycles. The lowest BCUT2D eigenvalue weighted by Crippen LogP contribution is -2.01. The van der Waals surface area contributed by atoms with E-state index in [2.05, 4.69) is 20.4 Å². The van der Waals surface area contributed by atoms with Gasteiger partial charge >= 0.3 is 0 Å². The Labute approximate surface area is 71.2 Å². The average Bonchev–Trinajstić information content (AvgIpc) is 1.98. The van der Waals surface area contributed by atoms with Crippen molar-refractivity contribution in [1.82, 2.24) is 0 Å². The molecule has 0 fully saturated rings. The first-order valence-electron chi connectivity index (χ1n) is 3.96. The van der Waals surface area contributed by atoms with Crippen LogP contribution in [-0.2, 0) is 0 Å². The Kier molecular flexibility index (Phi) is 6.14. The molecule has 10 heavy (non-hydrogen) atoms. The lowest BCUT2D eigenvalue weighted by molar-refractivity contribution is 0.590. The van der Waals surface area contributed by atoms with Gasteiger partial charge in [-0.1, -0.05) is 31.9 Å². The number of halogens is 1. The Morgan fingerprint density at radius 2 is 2.30 bits per heavy atom. The lowest BCUT2D eigenvalue weighted by atomic mass is 10.0. The third kappa shape index (κ3) is 4.12. The number of hydrogen-bond acceptors (Lipinski definition) is 0. The van der Waals surface area contributed by atoms with Gasteiger partial charge in [-0.05, 0) is 12.3 Å². The van der Waals surface area contributed by atoms with Crippen LogP contribution in [0.3, 0.4) is 0 Å². The van der Waals surface area contributed by atoms with E-state index in [0.717, 1.165) is 0 Å². The zero-order valence-electron chi connectivity index (χ0n) is 6.99. The van der Waals surface area contributed by atoms with E-state index >= 15 is 0 Å². The molecule has 0 N–H and O–H groups in total. The molecule has 0 aromatic rings. The molecule has 60 valence electrons. The summed E-state index contributed by atoms with van der Waals surface area (Å²) >= 11 is 5.77. The normalized spacial score (nSPS) is 14.3. The highest BCUT2D eigenvalue weighted by Crippen LogP contribution is 2.15. The van der Waals surface area contributed by atoms with Gasteiger partial charge in [-0.2, -0.15) is 11.1 Å². The van der Waals surface area contributed by atoms with E-state index in [-0.39, 0.29) is 0 Å². The van der Waals surface area contributed by atoms with E-state index in [0.29, 0.717) is 5.92 Å². The largest absolute Gasteiger partial charge is 0.170 e. The van der Waals surface area contributed by atoms with Crippen LogP contribution in [0.5, 0.6) is 0 Å². The molecule has 0 aromatic heterocycles. The molecule has 0 radical (unpaired) electrons. The summed E-state index contributed by atoms with van der Waals surface area (Å²) in [6.07, 6.45) is 3.86. The second-order valence-corrected chi connectivity index (χ2v) is 4.81. The van der Waals surface area contributed by atoms with Crippen LogP contribution in [0.15, 0.2) is 11.8 Å². The quantitative estimate of drug-likeness (QED) is 0.447. The third-order valence-corrected chi connectivity index (χ3v) is 3.93. The second kappa shape index (κ2) is 5.99. The SMILES string of the molecule is C=C([SiH2]Cl)C(C)CCCC. The first-order valence-corrected chi connectivity index (χ1v) is 6.80. The van der Waals surface area contributed by atoms with Crippen LogP contribution in [-0.4, -0.2) is 8.83 Å². The lowest BCUT2D eigenvalue weighted by Gasteiger charge is -2.10. The van der Waals surface area contributed by atoms with Gasteiger partial charge in [0.15, 0.2) is 8.83 Å². The molecule has 0 aliphatic heterocycles. The fourth-order valence-corrected chi connectivity index (χ4v) is 2.10. The van der Waals surface area contributed by atoms with Gasteiger partial charge in [-0.15, -0.1) is 6.58 Å². The van der Waals surface area contributed by atoms with Gasteiger partial charge in [0.1, 0.15) is 0 Å². The summed E-state index contributed by atoms with van der Waals surface area (Å²) in [6.45, 7) is 8.40. The second-order valence-electron chi connectivity index (χ2n) is 2.84. The van der Waals surface area contributed by atoms with E-state index in [4.69, 9.17) is 11.1 Å². The minimum absolute atomic E-state index is 0.459. The highest BCUT2D eigenvalue weighted by molar-refractivity contribution is 6.97. The summed E-state index contributed by atoms with van der Waals surface area (Å²) < 4.78 is 0. The van der Waals surface area contributed by atoms with Crippen molar-refractivity contribution in [2.24, 2.45) is 5.92 Å². The molecule has 0 saturated carbocycles. The van der Waals surface area contributed by atoms with E-state index in [9.17, 15) is 0 Å². The van der Waals surface area contributed by atoms with Crippen LogP contribution in [0, 0.1) is 5.92 Å². The fourth-order valence-electron chi connectivity index (χ4n) is 0.846. The van der Waals surface area contributed by atoms with Crippen molar-refractivity contribution in [2.75, 3.05) is 0 Å². The molecular weight excluding hydrogens is 160 g/mol. The maximum absolute atomic E-state index is 5.77.